The molecule has 0 unspecified atom stereocenters. The van der Waals surface area contributed by atoms with Crippen molar-refractivity contribution in [3.8, 4) is 33.7 Å². The van der Waals surface area contributed by atoms with Crippen molar-refractivity contribution in [3.63, 3.8) is 0 Å². The van der Waals surface area contributed by atoms with Gasteiger partial charge in [-0.15, -0.1) is 11.3 Å². The van der Waals surface area contributed by atoms with Crippen LogP contribution in [0.1, 0.15) is 5.56 Å². The number of anilines is 1. The Labute approximate surface area is 135 Å². The third-order valence-electron chi connectivity index (χ3n) is 3.32. The maximum Gasteiger partial charge on any atom is 0.282 e. The molecule has 0 saturated heterocycles. The first-order valence-electron chi connectivity index (χ1n) is 6.92. The molecule has 0 radical (unpaired) electrons. The average molecular weight is 324 g/mol. The first-order valence-corrected chi connectivity index (χ1v) is 7.80. The first-order chi connectivity index (χ1) is 11.2. The second-order valence-corrected chi connectivity index (χ2v) is 5.95. The van der Waals surface area contributed by atoms with Crippen LogP contribution in [0.15, 0.2) is 50.7 Å². The van der Waals surface area contributed by atoms with Gasteiger partial charge in [0.05, 0.1) is 4.88 Å². The number of aryl methyl sites for hydroxylation is 1. The molecule has 6 nitrogen and oxygen atoms in total. The fourth-order valence-corrected chi connectivity index (χ4v) is 2.78. The second kappa shape index (κ2) is 5.36. The summed E-state index contributed by atoms with van der Waals surface area (Å²) >= 11 is 1.52. The SMILES string of the molecule is Cc1ccc(-c2noc(-c3nc(-c4cccs4)oc3N)n2)cc1. The van der Waals surface area contributed by atoms with Gasteiger partial charge in [-0.05, 0) is 18.4 Å². The molecule has 7 heteroatoms. The van der Waals surface area contributed by atoms with E-state index in [9.17, 15) is 0 Å². The normalized spacial score (nSPS) is 11.0. The molecule has 0 aliphatic carbocycles. The fraction of sp³-hybridized carbons (Fsp3) is 0.0625. The number of thiophene rings is 1. The molecule has 0 aliphatic heterocycles. The molecule has 0 atom stereocenters. The van der Waals surface area contributed by atoms with Crippen molar-refractivity contribution in [2.24, 2.45) is 0 Å². The number of rotatable bonds is 3. The van der Waals surface area contributed by atoms with E-state index in [0.29, 0.717) is 17.4 Å². The lowest BCUT2D eigenvalue weighted by atomic mass is 10.1. The van der Waals surface area contributed by atoms with Crippen LogP contribution in [0.25, 0.3) is 33.7 Å². The molecule has 23 heavy (non-hydrogen) atoms. The van der Waals surface area contributed by atoms with Gasteiger partial charge >= 0.3 is 0 Å². The summed E-state index contributed by atoms with van der Waals surface area (Å²) in [5.74, 6) is 1.33. The largest absolute Gasteiger partial charge is 0.419 e. The van der Waals surface area contributed by atoms with Crippen molar-refractivity contribution < 1.29 is 8.94 Å². The molecular formula is C16H12N4O2S. The van der Waals surface area contributed by atoms with E-state index in [1.54, 1.807) is 0 Å². The van der Waals surface area contributed by atoms with Crippen molar-refractivity contribution in [1.29, 1.82) is 0 Å². The van der Waals surface area contributed by atoms with E-state index in [1.807, 2.05) is 48.7 Å². The lowest BCUT2D eigenvalue weighted by Crippen LogP contribution is -1.87. The summed E-state index contributed by atoms with van der Waals surface area (Å²) in [4.78, 5) is 9.62. The monoisotopic (exact) mass is 324 g/mol. The molecule has 1 aromatic carbocycles. The summed E-state index contributed by atoms with van der Waals surface area (Å²) in [6, 6.07) is 11.7. The van der Waals surface area contributed by atoms with E-state index in [1.165, 1.54) is 16.9 Å². The molecule has 2 N–H and O–H groups in total. The quantitative estimate of drug-likeness (QED) is 0.612. The van der Waals surface area contributed by atoms with E-state index in [0.717, 1.165) is 10.4 Å². The third-order valence-corrected chi connectivity index (χ3v) is 4.18. The Hall–Kier alpha value is -2.93. The van der Waals surface area contributed by atoms with Crippen molar-refractivity contribution in [2.75, 3.05) is 5.73 Å². The number of hydrogen-bond acceptors (Lipinski definition) is 7. The number of aromatic nitrogens is 3. The Morgan fingerprint density at radius 2 is 1.87 bits per heavy atom. The Balaban J connectivity index is 1.70. The number of oxazole rings is 1. The highest BCUT2D eigenvalue weighted by atomic mass is 32.1. The topological polar surface area (TPSA) is 91.0 Å². The van der Waals surface area contributed by atoms with E-state index in [4.69, 9.17) is 14.7 Å². The number of hydrogen-bond donors (Lipinski definition) is 1. The molecule has 4 aromatic rings. The van der Waals surface area contributed by atoms with Gasteiger partial charge in [0, 0.05) is 5.56 Å². The molecule has 4 rings (SSSR count). The first kappa shape index (κ1) is 13.7. The van der Waals surface area contributed by atoms with Crippen LogP contribution < -0.4 is 5.73 Å². The molecule has 0 aliphatic rings. The number of nitrogens with two attached hydrogens (primary N) is 1. The van der Waals surface area contributed by atoms with Gasteiger partial charge in [-0.2, -0.15) is 4.98 Å². The zero-order chi connectivity index (χ0) is 15.8. The molecule has 0 fully saturated rings. The highest BCUT2D eigenvalue weighted by Crippen LogP contribution is 2.32. The maximum atomic E-state index is 5.89. The highest BCUT2D eigenvalue weighted by Gasteiger charge is 2.20. The highest BCUT2D eigenvalue weighted by molar-refractivity contribution is 7.13. The van der Waals surface area contributed by atoms with Gasteiger partial charge < -0.3 is 14.7 Å². The van der Waals surface area contributed by atoms with Crippen LogP contribution in [0.5, 0.6) is 0 Å². The summed E-state index contributed by atoms with van der Waals surface area (Å²) < 4.78 is 10.8. The standard InChI is InChI=1S/C16H12N4O2S/c1-9-4-6-10(7-5-9)14-19-16(22-20-14)12-13(17)21-15(18-12)11-3-2-8-23-11/h2-8H,17H2,1H3. The molecule has 0 amide bonds. The molecule has 3 heterocycles. The predicted octanol–water partition coefficient (Wildman–Crippen LogP) is 4.01. The van der Waals surface area contributed by atoms with E-state index >= 15 is 0 Å². The van der Waals surface area contributed by atoms with Gasteiger partial charge in [0.15, 0.2) is 5.69 Å². The minimum absolute atomic E-state index is 0.160. The maximum absolute atomic E-state index is 5.89. The minimum atomic E-state index is 0.160. The zero-order valence-corrected chi connectivity index (χ0v) is 13.0. The Kier molecular flexibility index (Phi) is 3.20. The van der Waals surface area contributed by atoms with Gasteiger partial charge in [0.1, 0.15) is 0 Å². The van der Waals surface area contributed by atoms with Gasteiger partial charge in [-0.1, -0.05) is 41.1 Å². The zero-order valence-electron chi connectivity index (χ0n) is 12.2. The average Bonchev–Trinajstić information content (AvgIpc) is 3.27. The molecule has 3 aromatic heterocycles. The van der Waals surface area contributed by atoms with Crippen LogP contribution in [0.4, 0.5) is 5.88 Å². The van der Waals surface area contributed by atoms with E-state index < -0.39 is 0 Å². The second-order valence-electron chi connectivity index (χ2n) is 5.00. The van der Waals surface area contributed by atoms with Crippen LogP contribution in [0, 0.1) is 6.92 Å². The molecule has 0 spiro atoms. The summed E-state index contributed by atoms with van der Waals surface area (Å²) in [6.07, 6.45) is 0. The number of benzene rings is 1. The van der Waals surface area contributed by atoms with Crippen LogP contribution in [0.3, 0.4) is 0 Å². The summed E-state index contributed by atoms with van der Waals surface area (Å²) in [7, 11) is 0. The van der Waals surface area contributed by atoms with Crippen molar-refractivity contribution in [1.82, 2.24) is 15.1 Å². The summed E-state index contributed by atoms with van der Waals surface area (Å²) in [6.45, 7) is 2.02. The van der Waals surface area contributed by atoms with Gasteiger partial charge in [-0.3, -0.25) is 0 Å². The van der Waals surface area contributed by atoms with E-state index in [-0.39, 0.29) is 11.8 Å². The summed E-state index contributed by atoms with van der Waals surface area (Å²) in [5, 5.41) is 5.93. The Morgan fingerprint density at radius 1 is 1.04 bits per heavy atom. The minimum Gasteiger partial charge on any atom is -0.419 e. The van der Waals surface area contributed by atoms with Crippen molar-refractivity contribution in [2.45, 2.75) is 6.92 Å². The third kappa shape index (κ3) is 2.51. The van der Waals surface area contributed by atoms with E-state index in [2.05, 4.69) is 15.1 Å². The Morgan fingerprint density at radius 3 is 2.61 bits per heavy atom. The lowest BCUT2D eigenvalue weighted by molar-refractivity contribution is 0.431. The van der Waals surface area contributed by atoms with Gasteiger partial charge in [0.2, 0.25) is 17.6 Å². The predicted molar refractivity (Wildman–Crippen MR) is 87.7 cm³/mol. The van der Waals surface area contributed by atoms with Gasteiger partial charge in [0.25, 0.3) is 5.89 Å². The molecule has 0 bridgehead atoms. The van der Waals surface area contributed by atoms with Crippen LogP contribution in [0.2, 0.25) is 0 Å². The lowest BCUT2D eigenvalue weighted by Gasteiger charge is -1.94. The van der Waals surface area contributed by atoms with Gasteiger partial charge in [-0.25, -0.2) is 4.98 Å². The number of nitrogens with zero attached hydrogens (tertiary/aromatic N) is 3. The van der Waals surface area contributed by atoms with Crippen LogP contribution in [-0.4, -0.2) is 15.1 Å². The molecule has 114 valence electrons. The smallest absolute Gasteiger partial charge is 0.282 e. The van der Waals surface area contributed by atoms with Crippen LogP contribution in [-0.2, 0) is 0 Å². The molecular weight excluding hydrogens is 312 g/mol. The van der Waals surface area contributed by atoms with Crippen molar-refractivity contribution in [3.05, 3.63) is 47.3 Å². The Bertz CT molecular complexity index is 939. The molecule has 0 saturated carbocycles. The fourth-order valence-electron chi connectivity index (χ4n) is 2.13. The number of nitrogen functional groups attached to an aromatic ring is 1. The van der Waals surface area contributed by atoms with Crippen LogP contribution >= 0.6 is 11.3 Å². The summed E-state index contributed by atoms with van der Waals surface area (Å²) in [5.41, 5.74) is 8.29. The van der Waals surface area contributed by atoms with Crippen molar-refractivity contribution >= 4 is 17.2 Å².